The van der Waals surface area contributed by atoms with Crippen molar-refractivity contribution in [2.24, 2.45) is 0 Å². The monoisotopic (exact) mass is 487 g/mol. The Labute approximate surface area is 195 Å². The number of hydrogen-bond donors (Lipinski definition) is 0. The number of ether oxygens (including phenoxy) is 1. The van der Waals surface area contributed by atoms with Gasteiger partial charge >= 0.3 is 5.97 Å². The second-order valence-corrected chi connectivity index (χ2v) is 8.77. The first-order valence-corrected chi connectivity index (χ1v) is 11.1. The lowest BCUT2D eigenvalue weighted by atomic mass is 9.97. The van der Waals surface area contributed by atoms with E-state index in [1.165, 1.54) is 0 Å². The molecule has 0 fully saturated rings. The summed E-state index contributed by atoms with van der Waals surface area (Å²) in [5.74, 6) is -0.781. The van der Waals surface area contributed by atoms with Crippen LogP contribution in [0.2, 0.25) is 0 Å². The van der Waals surface area contributed by atoms with Gasteiger partial charge < -0.3 is 4.74 Å². The summed E-state index contributed by atoms with van der Waals surface area (Å²) in [4.78, 5) is 30.5. The minimum absolute atomic E-state index is 0.241. The topological polar surface area (TPSA) is 56.3 Å². The number of nitrogens with zero attached hydrogens (tertiary/aromatic N) is 1. The zero-order valence-electron chi connectivity index (χ0n) is 18.1. The average molecular weight is 488 g/mol. The van der Waals surface area contributed by atoms with Crippen LogP contribution in [0.1, 0.15) is 37.4 Å². The molecule has 3 aromatic carbocycles. The number of esters is 1. The zero-order valence-corrected chi connectivity index (χ0v) is 19.7. The number of aryl methyl sites for hydroxylation is 2. The molecule has 0 radical (unpaired) electrons. The third-order valence-corrected chi connectivity index (χ3v) is 5.92. The third kappa shape index (κ3) is 4.48. The molecule has 0 amide bonds. The van der Waals surface area contributed by atoms with Crippen LogP contribution in [0.15, 0.2) is 71.2 Å². The van der Waals surface area contributed by atoms with E-state index in [1.807, 2.05) is 75.4 Å². The van der Waals surface area contributed by atoms with Gasteiger partial charge in [-0.1, -0.05) is 75.6 Å². The minimum Gasteiger partial charge on any atom is -0.454 e. The highest BCUT2D eigenvalue weighted by Gasteiger charge is 2.21. The summed E-state index contributed by atoms with van der Waals surface area (Å²) in [6, 6.07) is 20.8. The summed E-state index contributed by atoms with van der Waals surface area (Å²) in [6.45, 7) is 5.52. The van der Waals surface area contributed by atoms with Crippen molar-refractivity contribution in [3.05, 3.63) is 99.0 Å². The number of carbonyl (C=O) groups is 2. The van der Waals surface area contributed by atoms with Gasteiger partial charge in [0.1, 0.15) is 0 Å². The molecular formula is C27H22BrNO3. The van der Waals surface area contributed by atoms with E-state index in [2.05, 4.69) is 15.9 Å². The molecule has 4 rings (SSSR count). The maximum Gasteiger partial charge on any atom is 0.339 e. The largest absolute Gasteiger partial charge is 0.454 e. The summed E-state index contributed by atoms with van der Waals surface area (Å²) < 4.78 is 6.31. The van der Waals surface area contributed by atoms with Gasteiger partial charge in [-0.15, -0.1) is 0 Å². The van der Waals surface area contributed by atoms with Gasteiger partial charge in [-0.3, -0.25) is 4.79 Å². The van der Waals surface area contributed by atoms with E-state index in [4.69, 9.17) is 9.72 Å². The predicted octanol–water partition coefficient (Wildman–Crippen LogP) is 6.63. The Morgan fingerprint density at radius 3 is 2.16 bits per heavy atom. The van der Waals surface area contributed by atoms with Crippen molar-refractivity contribution in [2.75, 3.05) is 6.61 Å². The van der Waals surface area contributed by atoms with Gasteiger partial charge in [-0.25, -0.2) is 9.78 Å². The Hall–Kier alpha value is -3.31. The molecule has 4 nitrogen and oxygen atoms in total. The number of carbonyl (C=O) groups excluding carboxylic acids is 2. The molecule has 5 heteroatoms. The number of halogens is 1. The summed E-state index contributed by atoms with van der Waals surface area (Å²) in [5, 5.41) is 0.681. The summed E-state index contributed by atoms with van der Waals surface area (Å²) in [5.41, 5.74) is 6.18. The number of hydrogen-bond acceptors (Lipinski definition) is 4. The van der Waals surface area contributed by atoms with E-state index in [1.54, 1.807) is 12.1 Å². The molecule has 0 aliphatic rings. The summed E-state index contributed by atoms with van der Waals surface area (Å²) >= 11 is 3.48. The first-order chi connectivity index (χ1) is 15.3. The average Bonchev–Trinajstić information content (AvgIpc) is 2.78. The number of aromatic nitrogens is 1. The van der Waals surface area contributed by atoms with Gasteiger partial charge in [-0.2, -0.15) is 0 Å². The smallest absolute Gasteiger partial charge is 0.339 e. The van der Waals surface area contributed by atoms with Gasteiger partial charge in [0.15, 0.2) is 12.4 Å². The van der Waals surface area contributed by atoms with Gasteiger partial charge in [0, 0.05) is 21.0 Å². The number of rotatable bonds is 5. The molecule has 0 unspecified atom stereocenters. The van der Waals surface area contributed by atoms with Crippen LogP contribution in [-0.2, 0) is 4.74 Å². The lowest BCUT2D eigenvalue weighted by molar-refractivity contribution is 0.0476. The summed E-state index contributed by atoms with van der Waals surface area (Å²) in [7, 11) is 0. The highest BCUT2D eigenvalue weighted by Crippen LogP contribution is 2.32. The van der Waals surface area contributed by atoms with Crippen molar-refractivity contribution in [2.45, 2.75) is 20.8 Å². The number of Topliss-reactive ketones (excluding diaryl/α,β-unsaturated/α-hetero) is 1. The summed E-state index contributed by atoms with van der Waals surface area (Å²) in [6.07, 6.45) is 0. The van der Waals surface area contributed by atoms with E-state index in [0.29, 0.717) is 27.6 Å². The quantitative estimate of drug-likeness (QED) is 0.234. The Morgan fingerprint density at radius 1 is 0.875 bits per heavy atom. The number of ketones is 1. The molecule has 1 heterocycles. The van der Waals surface area contributed by atoms with Crippen LogP contribution < -0.4 is 0 Å². The van der Waals surface area contributed by atoms with Gasteiger partial charge in [-0.05, 0) is 44.5 Å². The highest BCUT2D eigenvalue weighted by molar-refractivity contribution is 9.10. The van der Waals surface area contributed by atoms with E-state index >= 15 is 0 Å². The fraction of sp³-hybridized carbons (Fsp3) is 0.148. The van der Waals surface area contributed by atoms with Crippen LogP contribution in [0, 0.1) is 20.8 Å². The second kappa shape index (κ2) is 9.05. The molecule has 160 valence electrons. The van der Waals surface area contributed by atoms with Gasteiger partial charge in [0.05, 0.1) is 16.8 Å². The van der Waals surface area contributed by atoms with Crippen LogP contribution in [0.5, 0.6) is 0 Å². The molecular weight excluding hydrogens is 466 g/mol. The van der Waals surface area contributed by atoms with Crippen molar-refractivity contribution in [1.29, 1.82) is 0 Å². The Morgan fingerprint density at radius 2 is 1.50 bits per heavy atom. The first-order valence-electron chi connectivity index (χ1n) is 10.3. The molecule has 0 atom stereocenters. The SMILES string of the molecule is Cc1ccc(C(=O)COC(=O)c2c(C)c(-c3ccc(C)cc3)nc3ccc(Br)cc23)cc1. The van der Waals surface area contributed by atoms with Crippen LogP contribution in [0.3, 0.4) is 0 Å². The van der Waals surface area contributed by atoms with Gasteiger partial charge in [0.25, 0.3) is 0 Å². The van der Waals surface area contributed by atoms with Crippen LogP contribution >= 0.6 is 15.9 Å². The molecule has 0 bridgehead atoms. The fourth-order valence-corrected chi connectivity index (χ4v) is 3.97. The van der Waals surface area contributed by atoms with Gasteiger partial charge in [0.2, 0.25) is 0 Å². The van der Waals surface area contributed by atoms with Crippen molar-refractivity contribution in [3.8, 4) is 11.3 Å². The van der Waals surface area contributed by atoms with Crippen LogP contribution in [0.4, 0.5) is 0 Å². The van der Waals surface area contributed by atoms with E-state index in [9.17, 15) is 9.59 Å². The fourth-order valence-electron chi connectivity index (χ4n) is 3.61. The van der Waals surface area contributed by atoms with Crippen LogP contribution in [-0.4, -0.2) is 23.3 Å². The number of benzene rings is 3. The highest BCUT2D eigenvalue weighted by atomic mass is 79.9. The molecule has 0 aliphatic heterocycles. The van der Waals surface area contributed by atoms with Crippen molar-refractivity contribution in [3.63, 3.8) is 0 Å². The lowest BCUT2D eigenvalue weighted by Gasteiger charge is -2.15. The molecule has 0 saturated carbocycles. The number of fused-ring (bicyclic) bond motifs is 1. The molecule has 0 aliphatic carbocycles. The molecule has 0 N–H and O–H groups in total. The second-order valence-electron chi connectivity index (χ2n) is 7.85. The third-order valence-electron chi connectivity index (χ3n) is 5.43. The Bertz CT molecular complexity index is 1330. The zero-order chi connectivity index (χ0) is 22.8. The molecule has 4 aromatic rings. The van der Waals surface area contributed by atoms with Crippen molar-refractivity contribution >= 4 is 38.6 Å². The normalized spacial score (nSPS) is 10.9. The maximum absolute atomic E-state index is 13.2. The minimum atomic E-state index is -0.540. The Kier molecular flexibility index (Phi) is 6.19. The maximum atomic E-state index is 13.2. The standard InChI is InChI=1S/C27H22BrNO3/c1-16-4-8-19(9-5-16)24(30)15-32-27(31)25-18(3)26(20-10-6-17(2)7-11-20)29-23-13-12-21(28)14-22(23)25/h4-14H,15H2,1-3H3. The molecule has 32 heavy (non-hydrogen) atoms. The van der Waals surface area contributed by atoms with E-state index in [-0.39, 0.29) is 12.4 Å². The van der Waals surface area contributed by atoms with Crippen molar-refractivity contribution < 1.29 is 14.3 Å². The Balaban J connectivity index is 1.72. The van der Waals surface area contributed by atoms with E-state index < -0.39 is 5.97 Å². The number of pyridine rings is 1. The molecule has 0 spiro atoms. The molecule has 1 aromatic heterocycles. The lowest BCUT2D eigenvalue weighted by Crippen LogP contribution is -2.16. The van der Waals surface area contributed by atoms with Crippen LogP contribution in [0.25, 0.3) is 22.2 Å². The first kappa shape index (κ1) is 21.9. The molecule has 0 saturated heterocycles. The van der Waals surface area contributed by atoms with Crippen molar-refractivity contribution in [1.82, 2.24) is 4.98 Å². The van der Waals surface area contributed by atoms with E-state index in [0.717, 1.165) is 26.9 Å². The predicted molar refractivity (Wildman–Crippen MR) is 130 cm³/mol.